The van der Waals surface area contributed by atoms with Gasteiger partial charge in [0, 0.05) is 30.4 Å². The number of amides is 1. The van der Waals surface area contributed by atoms with Crippen molar-refractivity contribution in [3.8, 4) is 11.6 Å². The standard InChI is InChI=1S/C21H23N3O3/c1-12-10-16(27-18-11-15(8-9-22-18)14-4-5-14)6-7-17(12)19-13(2)20(25)23-21(26)24(19)3/h6-11,14,21,26H,4-5H2,1-3H3,(H,23,25). The third-order valence-electron chi connectivity index (χ3n) is 5.16. The van der Waals surface area contributed by atoms with E-state index in [1.807, 2.05) is 37.3 Å². The van der Waals surface area contributed by atoms with E-state index in [4.69, 9.17) is 4.74 Å². The van der Waals surface area contributed by atoms with Crippen LogP contribution in [0, 0.1) is 6.92 Å². The zero-order valence-corrected chi connectivity index (χ0v) is 15.7. The molecule has 1 aliphatic carbocycles. The van der Waals surface area contributed by atoms with Crippen LogP contribution in [0.5, 0.6) is 11.6 Å². The maximum atomic E-state index is 12.1. The molecule has 2 aliphatic rings. The van der Waals surface area contributed by atoms with Crippen LogP contribution in [-0.4, -0.2) is 34.3 Å². The number of nitrogens with one attached hydrogen (secondary N) is 1. The fraction of sp³-hybridized carbons (Fsp3) is 0.333. The molecule has 0 radical (unpaired) electrons. The number of aryl methyl sites for hydroxylation is 1. The molecule has 1 atom stereocenters. The molecule has 1 saturated carbocycles. The van der Waals surface area contributed by atoms with E-state index in [9.17, 15) is 9.90 Å². The lowest BCUT2D eigenvalue weighted by Gasteiger charge is -2.34. The Morgan fingerprint density at radius 3 is 2.70 bits per heavy atom. The highest BCUT2D eigenvalue weighted by molar-refractivity contribution is 6.02. The van der Waals surface area contributed by atoms with Gasteiger partial charge in [-0.3, -0.25) is 4.79 Å². The van der Waals surface area contributed by atoms with Gasteiger partial charge in [-0.15, -0.1) is 0 Å². The van der Waals surface area contributed by atoms with Crippen LogP contribution in [0.1, 0.15) is 42.4 Å². The SMILES string of the molecule is CC1=C(c2ccc(Oc3cc(C4CC4)ccn3)cc2C)N(C)C(O)NC1=O. The molecule has 0 bridgehead atoms. The number of aromatic nitrogens is 1. The first-order valence-electron chi connectivity index (χ1n) is 9.11. The topological polar surface area (TPSA) is 74.7 Å². The highest BCUT2D eigenvalue weighted by Crippen LogP contribution is 2.41. The van der Waals surface area contributed by atoms with Gasteiger partial charge in [-0.2, -0.15) is 0 Å². The van der Waals surface area contributed by atoms with E-state index in [0.717, 1.165) is 11.1 Å². The third kappa shape index (κ3) is 3.40. The molecule has 2 N–H and O–H groups in total. The summed E-state index contributed by atoms with van der Waals surface area (Å²) in [6.45, 7) is 3.72. The average Bonchev–Trinajstić information content (AvgIpc) is 3.47. The van der Waals surface area contributed by atoms with Crippen molar-refractivity contribution in [2.24, 2.45) is 0 Å². The molecule has 2 aromatic rings. The minimum absolute atomic E-state index is 0.267. The van der Waals surface area contributed by atoms with Gasteiger partial charge in [0.05, 0.1) is 5.70 Å². The summed E-state index contributed by atoms with van der Waals surface area (Å²) in [5.41, 5.74) is 4.39. The van der Waals surface area contributed by atoms with Crippen LogP contribution in [0.3, 0.4) is 0 Å². The number of aliphatic hydroxyl groups is 1. The van der Waals surface area contributed by atoms with Gasteiger partial charge in [-0.1, -0.05) is 0 Å². The van der Waals surface area contributed by atoms with Crippen LogP contribution >= 0.6 is 0 Å². The Labute approximate surface area is 158 Å². The quantitative estimate of drug-likeness (QED) is 0.871. The van der Waals surface area contributed by atoms with Crippen molar-refractivity contribution in [2.45, 2.75) is 39.0 Å². The largest absolute Gasteiger partial charge is 0.439 e. The maximum absolute atomic E-state index is 12.1. The van der Waals surface area contributed by atoms with E-state index in [-0.39, 0.29) is 5.91 Å². The van der Waals surface area contributed by atoms with Gasteiger partial charge >= 0.3 is 0 Å². The van der Waals surface area contributed by atoms with Crippen LogP contribution < -0.4 is 10.1 Å². The number of benzene rings is 1. The number of nitrogens with zero attached hydrogens (tertiary/aromatic N) is 2. The second kappa shape index (κ2) is 6.70. The molecule has 1 fully saturated rings. The van der Waals surface area contributed by atoms with Crippen molar-refractivity contribution in [1.82, 2.24) is 15.2 Å². The molecule has 1 aliphatic heterocycles. The smallest absolute Gasteiger partial charge is 0.252 e. The van der Waals surface area contributed by atoms with Gasteiger partial charge in [0.2, 0.25) is 12.2 Å². The number of hydrogen-bond donors (Lipinski definition) is 2. The summed E-state index contributed by atoms with van der Waals surface area (Å²) in [5, 5.41) is 12.6. The van der Waals surface area contributed by atoms with E-state index < -0.39 is 6.35 Å². The number of aliphatic hydroxyl groups excluding tert-OH is 1. The Balaban J connectivity index is 1.62. The maximum Gasteiger partial charge on any atom is 0.252 e. The molecule has 0 saturated heterocycles. The first-order valence-corrected chi connectivity index (χ1v) is 9.11. The summed E-state index contributed by atoms with van der Waals surface area (Å²) in [6, 6.07) is 9.75. The Bertz CT molecular complexity index is 934. The predicted molar refractivity (Wildman–Crippen MR) is 102 cm³/mol. The van der Waals surface area contributed by atoms with Crippen LogP contribution in [0.15, 0.2) is 42.1 Å². The molecular formula is C21H23N3O3. The van der Waals surface area contributed by atoms with Crippen LogP contribution in [0.4, 0.5) is 0 Å². The highest BCUT2D eigenvalue weighted by Gasteiger charge is 2.29. The summed E-state index contributed by atoms with van der Waals surface area (Å²) in [4.78, 5) is 18.0. The van der Waals surface area contributed by atoms with Gasteiger partial charge < -0.3 is 20.1 Å². The van der Waals surface area contributed by atoms with Crippen molar-refractivity contribution in [1.29, 1.82) is 0 Å². The number of carbonyl (C=O) groups excluding carboxylic acids is 1. The number of rotatable bonds is 4. The van der Waals surface area contributed by atoms with E-state index in [1.165, 1.54) is 18.4 Å². The van der Waals surface area contributed by atoms with Crippen molar-refractivity contribution >= 4 is 11.6 Å². The van der Waals surface area contributed by atoms with Crippen molar-refractivity contribution in [3.63, 3.8) is 0 Å². The van der Waals surface area contributed by atoms with Gasteiger partial charge in [0.25, 0.3) is 5.91 Å². The van der Waals surface area contributed by atoms with Crippen LogP contribution in [-0.2, 0) is 4.79 Å². The molecule has 6 heteroatoms. The molecular weight excluding hydrogens is 342 g/mol. The average molecular weight is 365 g/mol. The Morgan fingerprint density at radius 2 is 2.00 bits per heavy atom. The molecule has 0 spiro atoms. The zero-order chi connectivity index (χ0) is 19.1. The lowest BCUT2D eigenvalue weighted by atomic mass is 9.99. The number of pyridine rings is 1. The highest BCUT2D eigenvalue weighted by atomic mass is 16.5. The zero-order valence-electron chi connectivity index (χ0n) is 15.7. The molecule has 1 aromatic carbocycles. The molecule has 140 valence electrons. The van der Waals surface area contributed by atoms with E-state index in [2.05, 4.69) is 10.3 Å². The fourth-order valence-corrected chi connectivity index (χ4v) is 3.45. The van der Waals surface area contributed by atoms with Crippen molar-refractivity contribution < 1.29 is 14.6 Å². The summed E-state index contributed by atoms with van der Waals surface area (Å²) in [5.74, 6) is 1.66. The number of hydrogen-bond acceptors (Lipinski definition) is 5. The monoisotopic (exact) mass is 365 g/mol. The predicted octanol–water partition coefficient (Wildman–Crippen LogP) is 3.13. The summed E-state index contributed by atoms with van der Waals surface area (Å²) < 4.78 is 5.95. The summed E-state index contributed by atoms with van der Waals surface area (Å²) in [7, 11) is 1.75. The Hall–Kier alpha value is -2.86. The van der Waals surface area contributed by atoms with E-state index in [0.29, 0.717) is 28.8 Å². The molecule has 6 nitrogen and oxygen atoms in total. The third-order valence-corrected chi connectivity index (χ3v) is 5.16. The normalized spacial score (nSPS) is 19.9. The second-order valence-electron chi connectivity index (χ2n) is 7.21. The van der Waals surface area contributed by atoms with Gasteiger partial charge in [-0.05, 0) is 68.0 Å². The number of carbonyl (C=O) groups is 1. The van der Waals surface area contributed by atoms with Crippen LogP contribution in [0.2, 0.25) is 0 Å². The molecule has 27 heavy (non-hydrogen) atoms. The van der Waals surface area contributed by atoms with Crippen molar-refractivity contribution in [2.75, 3.05) is 7.05 Å². The lowest BCUT2D eigenvalue weighted by Crippen LogP contribution is -2.50. The first kappa shape index (κ1) is 17.5. The minimum atomic E-state index is -1.04. The second-order valence-corrected chi connectivity index (χ2v) is 7.21. The molecule has 1 unspecified atom stereocenters. The van der Waals surface area contributed by atoms with Gasteiger partial charge in [-0.25, -0.2) is 4.98 Å². The minimum Gasteiger partial charge on any atom is -0.439 e. The van der Waals surface area contributed by atoms with E-state index >= 15 is 0 Å². The fourth-order valence-electron chi connectivity index (χ4n) is 3.45. The molecule has 2 heterocycles. The molecule has 4 rings (SSSR count). The summed E-state index contributed by atoms with van der Waals surface area (Å²) >= 11 is 0. The molecule has 1 aromatic heterocycles. The van der Waals surface area contributed by atoms with Crippen LogP contribution in [0.25, 0.3) is 5.70 Å². The first-order chi connectivity index (χ1) is 12.9. The summed E-state index contributed by atoms with van der Waals surface area (Å²) in [6.07, 6.45) is 3.22. The van der Waals surface area contributed by atoms with E-state index in [1.54, 1.807) is 25.1 Å². The van der Waals surface area contributed by atoms with Gasteiger partial charge in [0.15, 0.2) is 0 Å². The lowest BCUT2D eigenvalue weighted by molar-refractivity contribution is -0.124. The number of ether oxygens (including phenoxy) is 1. The Morgan fingerprint density at radius 1 is 1.22 bits per heavy atom. The Kier molecular flexibility index (Phi) is 4.36. The molecule has 1 amide bonds. The van der Waals surface area contributed by atoms with Gasteiger partial charge in [0.1, 0.15) is 5.75 Å². The van der Waals surface area contributed by atoms with Crippen molar-refractivity contribution in [3.05, 3.63) is 58.8 Å².